The number of rotatable bonds is 4. The van der Waals surface area contributed by atoms with E-state index in [2.05, 4.69) is 22.8 Å². The molecule has 0 spiro atoms. The Bertz CT molecular complexity index is 413. The molecular formula is C9H14N4O3S. The zero-order chi connectivity index (χ0) is 13.0. The highest BCUT2D eigenvalue weighted by Gasteiger charge is 2.22. The van der Waals surface area contributed by atoms with Gasteiger partial charge in [-0.1, -0.05) is 12.8 Å². The maximum Gasteiger partial charge on any atom is 0.329 e. The van der Waals surface area contributed by atoms with E-state index in [4.69, 9.17) is 15.2 Å². The van der Waals surface area contributed by atoms with Gasteiger partial charge in [0, 0.05) is 0 Å². The topological polar surface area (TPSA) is 90.6 Å². The summed E-state index contributed by atoms with van der Waals surface area (Å²) in [6.07, 6.45) is 1.14. The van der Waals surface area contributed by atoms with Gasteiger partial charge in [-0.2, -0.15) is 9.97 Å². The fraction of sp³-hybridized carbons (Fsp3) is 0.444. The summed E-state index contributed by atoms with van der Waals surface area (Å²) in [6.45, 7) is 3.65. The van der Waals surface area contributed by atoms with Crippen LogP contribution in [-0.4, -0.2) is 29.2 Å². The van der Waals surface area contributed by atoms with Gasteiger partial charge in [0.15, 0.2) is 5.69 Å². The Morgan fingerprint density at radius 2 is 2.06 bits per heavy atom. The van der Waals surface area contributed by atoms with Gasteiger partial charge in [0.05, 0.1) is 13.2 Å². The lowest BCUT2D eigenvalue weighted by molar-refractivity contribution is 0.230. The Labute approximate surface area is 104 Å². The van der Waals surface area contributed by atoms with Crippen LogP contribution in [0, 0.1) is 0 Å². The van der Waals surface area contributed by atoms with Crippen LogP contribution < -0.4 is 19.5 Å². The van der Waals surface area contributed by atoms with Gasteiger partial charge >= 0.3 is 6.03 Å². The first-order valence-corrected chi connectivity index (χ1v) is 5.21. The molecule has 1 aromatic rings. The van der Waals surface area contributed by atoms with Gasteiger partial charge in [-0.25, -0.2) is 9.10 Å². The molecule has 94 valence electrons. The molecule has 8 heteroatoms. The summed E-state index contributed by atoms with van der Waals surface area (Å²) < 4.78 is 11.3. The van der Waals surface area contributed by atoms with Crippen LogP contribution in [0.3, 0.4) is 0 Å². The lowest BCUT2D eigenvalue weighted by Gasteiger charge is -2.19. The second kappa shape index (κ2) is 5.58. The molecule has 17 heavy (non-hydrogen) atoms. The highest BCUT2D eigenvalue weighted by Crippen LogP contribution is 2.35. The minimum absolute atomic E-state index is 0.122. The number of primary amides is 1. The van der Waals surface area contributed by atoms with E-state index >= 15 is 0 Å². The van der Waals surface area contributed by atoms with Gasteiger partial charge < -0.3 is 15.2 Å². The van der Waals surface area contributed by atoms with E-state index in [0.29, 0.717) is 0 Å². The fourth-order valence-electron chi connectivity index (χ4n) is 1.10. The highest BCUT2D eigenvalue weighted by atomic mass is 32.1. The number of methoxy groups -OCH3 is 1. The summed E-state index contributed by atoms with van der Waals surface area (Å²) in [5.41, 5.74) is 5.32. The summed E-state index contributed by atoms with van der Waals surface area (Å²) in [7, 11) is 1.41. The monoisotopic (exact) mass is 258 g/mol. The smallest absolute Gasteiger partial charge is 0.329 e. The molecule has 1 rings (SSSR count). The lowest BCUT2D eigenvalue weighted by atomic mass is 10.4. The molecule has 0 atom stereocenters. The number of nitrogens with two attached hydrogens (primary N) is 1. The van der Waals surface area contributed by atoms with Crippen molar-refractivity contribution >= 4 is 24.5 Å². The Morgan fingerprint density at radius 1 is 1.47 bits per heavy atom. The van der Waals surface area contributed by atoms with Gasteiger partial charge in [-0.05, 0) is 13.8 Å². The van der Waals surface area contributed by atoms with Crippen molar-refractivity contribution in [1.29, 1.82) is 0 Å². The average Bonchev–Trinajstić information content (AvgIpc) is 2.26. The molecule has 2 N–H and O–H groups in total. The van der Waals surface area contributed by atoms with Crippen LogP contribution in [0.25, 0.3) is 0 Å². The normalized spacial score (nSPS) is 10.2. The van der Waals surface area contributed by atoms with Gasteiger partial charge in [0.25, 0.3) is 0 Å². The minimum atomic E-state index is -0.782. The molecule has 0 aliphatic heterocycles. The molecule has 7 nitrogen and oxygen atoms in total. The van der Waals surface area contributed by atoms with Crippen molar-refractivity contribution in [2.45, 2.75) is 20.0 Å². The predicted molar refractivity (Wildman–Crippen MR) is 65.4 cm³/mol. The number of nitrogens with zero attached hydrogens (tertiary/aromatic N) is 3. The molecule has 2 amide bonds. The number of ether oxygens (including phenoxy) is 2. The Hall–Kier alpha value is -1.70. The van der Waals surface area contributed by atoms with E-state index in [1.165, 1.54) is 13.4 Å². The molecule has 0 unspecified atom stereocenters. The number of anilines is 1. The SMILES string of the molecule is COc1ncnc(OC(C)C)c1N(S)C(N)=O. The van der Waals surface area contributed by atoms with Crippen molar-refractivity contribution in [2.24, 2.45) is 5.73 Å². The van der Waals surface area contributed by atoms with Crippen molar-refractivity contribution in [2.75, 3.05) is 11.4 Å². The first kappa shape index (κ1) is 13.4. The Morgan fingerprint density at radius 3 is 2.53 bits per heavy atom. The molecule has 0 aliphatic carbocycles. The lowest BCUT2D eigenvalue weighted by Crippen LogP contribution is -2.28. The molecule has 0 saturated carbocycles. The van der Waals surface area contributed by atoms with Crippen molar-refractivity contribution in [3.63, 3.8) is 0 Å². The molecule has 0 aromatic carbocycles. The molecule has 0 bridgehead atoms. The molecule has 0 saturated heterocycles. The third kappa shape index (κ3) is 3.13. The van der Waals surface area contributed by atoms with Crippen LogP contribution in [0.15, 0.2) is 6.33 Å². The van der Waals surface area contributed by atoms with E-state index in [9.17, 15) is 4.79 Å². The van der Waals surface area contributed by atoms with Crippen LogP contribution in [0.1, 0.15) is 13.8 Å². The Kier molecular flexibility index (Phi) is 4.38. The van der Waals surface area contributed by atoms with Gasteiger partial charge in [0.2, 0.25) is 11.8 Å². The van der Waals surface area contributed by atoms with Crippen molar-refractivity contribution < 1.29 is 14.3 Å². The summed E-state index contributed by atoms with van der Waals surface area (Å²) >= 11 is 3.95. The summed E-state index contributed by atoms with van der Waals surface area (Å²) in [5, 5.41) is 0. The number of aromatic nitrogens is 2. The van der Waals surface area contributed by atoms with Gasteiger partial charge in [0.1, 0.15) is 6.33 Å². The van der Waals surface area contributed by atoms with E-state index < -0.39 is 6.03 Å². The number of thiol groups is 1. The van der Waals surface area contributed by atoms with Gasteiger partial charge in [-0.3, -0.25) is 0 Å². The number of amides is 2. The van der Waals surface area contributed by atoms with Gasteiger partial charge in [-0.15, -0.1) is 0 Å². The number of hydrogen-bond acceptors (Lipinski definition) is 6. The fourth-order valence-corrected chi connectivity index (χ4v) is 1.27. The van der Waals surface area contributed by atoms with Crippen LogP contribution in [0.5, 0.6) is 11.8 Å². The maximum absolute atomic E-state index is 11.1. The number of urea groups is 1. The molecule has 1 aromatic heterocycles. The van der Waals surface area contributed by atoms with Crippen LogP contribution >= 0.6 is 12.8 Å². The average molecular weight is 258 g/mol. The van der Waals surface area contributed by atoms with E-state index in [1.54, 1.807) is 0 Å². The first-order chi connectivity index (χ1) is 7.97. The molecule has 1 heterocycles. The standard InChI is InChI=1S/C9H14N4O3S/c1-5(2)16-8-6(13(17)9(10)14)7(15-3)11-4-12-8/h4-5,17H,1-3H3,(H2,10,14). The third-order valence-electron chi connectivity index (χ3n) is 1.72. The molecule has 0 aliphatic rings. The second-order valence-corrected chi connectivity index (χ2v) is 3.75. The first-order valence-electron chi connectivity index (χ1n) is 4.81. The van der Waals surface area contributed by atoms with Crippen molar-refractivity contribution in [3.8, 4) is 11.8 Å². The predicted octanol–water partition coefficient (Wildman–Crippen LogP) is 1.00. The van der Waals surface area contributed by atoms with Crippen molar-refractivity contribution in [3.05, 3.63) is 6.33 Å². The summed E-state index contributed by atoms with van der Waals surface area (Å²) in [4.78, 5) is 18.9. The number of carbonyl (C=O) groups excluding carboxylic acids is 1. The van der Waals surface area contributed by atoms with E-state index in [0.717, 1.165) is 4.31 Å². The molecular weight excluding hydrogens is 244 g/mol. The molecule has 0 fully saturated rings. The second-order valence-electron chi connectivity index (χ2n) is 3.35. The quantitative estimate of drug-likeness (QED) is 0.786. The van der Waals surface area contributed by atoms with Crippen LogP contribution in [-0.2, 0) is 0 Å². The zero-order valence-electron chi connectivity index (χ0n) is 9.75. The minimum Gasteiger partial charge on any atom is -0.479 e. The van der Waals surface area contributed by atoms with E-state index in [-0.39, 0.29) is 23.6 Å². The number of hydrogen-bond donors (Lipinski definition) is 2. The molecule has 0 radical (unpaired) electrons. The largest absolute Gasteiger partial charge is 0.479 e. The van der Waals surface area contributed by atoms with E-state index in [1.807, 2.05) is 13.8 Å². The highest BCUT2D eigenvalue weighted by molar-refractivity contribution is 7.82. The van der Waals surface area contributed by atoms with Crippen LogP contribution in [0.4, 0.5) is 10.5 Å². The van der Waals surface area contributed by atoms with Crippen molar-refractivity contribution in [1.82, 2.24) is 9.97 Å². The summed E-state index contributed by atoms with van der Waals surface area (Å²) in [6, 6.07) is -0.782. The zero-order valence-corrected chi connectivity index (χ0v) is 10.6. The van der Waals surface area contributed by atoms with Crippen LogP contribution in [0.2, 0.25) is 0 Å². The third-order valence-corrected chi connectivity index (χ3v) is 2.11. The summed E-state index contributed by atoms with van der Waals surface area (Å²) in [5.74, 6) is 0.338. The Balaban J connectivity index is 3.24. The maximum atomic E-state index is 11.1. The number of carbonyl (C=O) groups is 1.